The Kier molecular flexibility index (Phi) is 4.56. The van der Waals surface area contributed by atoms with E-state index in [0.717, 1.165) is 6.08 Å². The topological polar surface area (TPSA) is 117 Å². The second-order valence-corrected chi connectivity index (χ2v) is 6.57. The van der Waals surface area contributed by atoms with Gasteiger partial charge in [-0.15, -0.1) is 0 Å². The first kappa shape index (κ1) is 18.9. The van der Waals surface area contributed by atoms with Gasteiger partial charge < -0.3 is 19.9 Å². The minimum absolute atomic E-state index is 0.0317. The van der Waals surface area contributed by atoms with Crippen LogP contribution in [-0.2, 0) is 4.79 Å². The van der Waals surface area contributed by atoms with Gasteiger partial charge in [-0.25, -0.2) is 4.79 Å². The van der Waals surface area contributed by atoms with Gasteiger partial charge in [0.1, 0.15) is 17.1 Å². The first-order valence-corrected chi connectivity index (χ1v) is 8.88. The minimum Gasteiger partial charge on any atom is -0.508 e. The molecule has 0 saturated carbocycles. The fourth-order valence-electron chi connectivity index (χ4n) is 3.36. The summed E-state index contributed by atoms with van der Waals surface area (Å²) in [6.45, 7) is 3.38. The van der Waals surface area contributed by atoms with Crippen LogP contribution in [0.5, 0.6) is 5.75 Å². The standard InChI is InChI=1S/C23H15NO6/c1-2-21(27)24-12-3-6-15(18(9-12)23(28)29)22-16-7-4-13(25)10-19(16)30-20-11-14(26)5-8-17(20)22/h2-11,25H,1H2,(H,24,27)(H,28,29). The number of anilines is 1. The summed E-state index contributed by atoms with van der Waals surface area (Å²) < 4.78 is 5.79. The lowest BCUT2D eigenvalue weighted by Crippen LogP contribution is -2.09. The Hall–Kier alpha value is -4.39. The fraction of sp³-hybridized carbons (Fsp3) is 0. The third-order valence-corrected chi connectivity index (χ3v) is 4.65. The van der Waals surface area contributed by atoms with E-state index in [1.165, 1.54) is 30.3 Å². The van der Waals surface area contributed by atoms with E-state index in [9.17, 15) is 24.6 Å². The lowest BCUT2D eigenvalue weighted by Gasteiger charge is -2.17. The number of aromatic hydroxyl groups is 1. The van der Waals surface area contributed by atoms with E-state index in [4.69, 9.17) is 4.42 Å². The van der Waals surface area contributed by atoms with Crippen LogP contribution in [0.1, 0.15) is 10.4 Å². The summed E-state index contributed by atoms with van der Waals surface area (Å²) in [7, 11) is 0. The number of phenolic OH excluding ortho intramolecular Hbond substituents is 1. The Balaban J connectivity index is 2.07. The number of hydrogen-bond acceptors (Lipinski definition) is 5. The van der Waals surface area contributed by atoms with E-state index >= 15 is 0 Å². The number of rotatable bonds is 4. The highest BCUT2D eigenvalue weighted by atomic mass is 16.4. The van der Waals surface area contributed by atoms with E-state index < -0.39 is 11.9 Å². The molecule has 3 N–H and O–H groups in total. The summed E-state index contributed by atoms with van der Waals surface area (Å²) in [5.41, 5.74) is 1.72. The maximum atomic E-state index is 12.0. The number of carboxylic acid groups (broad SMARTS) is 1. The zero-order valence-corrected chi connectivity index (χ0v) is 15.5. The Morgan fingerprint density at radius 2 is 1.77 bits per heavy atom. The van der Waals surface area contributed by atoms with Gasteiger partial charge >= 0.3 is 5.97 Å². The van der Waals surface area contributed by atoms with Gasteiger partial charge in [0.05, 0.1) is 5.56 Å². The van der Waals surface area contributed by atoms with Crippen molar-refractivity contribution >= 4 is 28.5 Å². The summed E-state index contributed by atoms with van der Waals surface area (Å²) in [6.07, 6.45) is 1.08. The zero-order valence-electron chi connectivity index (χ0n) is 15.5. The van der Waals surface area contributed by atoms with Gasteiger partial charge in [0.15, 0.2) is 5.43 Å². The number of carboxylic acids is 1. The number of nitrogens with one attached hydrogen (secondary N) is 1. The second kappa shape index (κ2) is 7.21. The third-order valence-electron chi connectivity index (χ3n) is 4.65. The quantitative estimate of drug-likeness (QED) is 0.350. The van der Waals surface area contributed by atoms with Crippen LogP contribution in [0.3, 0.4) is 0 Å². The van der Waals surface area contributed by atoms with Crippen LogP contribution < -0.4 is 10.7 Å². The predicted octanol–water partition coefficient (Wildman–Crippen LogP) is 4.09. The molecule has 0 unspecified atom stereocenters. The molecule has 0 bridgehead atoms. The molecular weight excluding hydrogens is 386 g/mol. The molecule has 1 aliphatic carbocycles. The number of amides is 1. The highest BCUT2D eigenvalue weighted by Gasteiger charge is 2.22. The van der Waals surface area contributed by atoms with Crippen molar-refractivity contribution in [2.45, 2.75) is 0 Å². The number of hydrogen-bond donors (Lipinski definition) is 3. The van der Waals surface area contributed by atoms with Gasteiger partial charge in [-0.1, -0.05) is 12.6 Å². The van der Waals surface area contributed by atoms with Crippen LogP contribution in [-0.4, -0.2) is 22.1 Å². The average molecular weight is 401 g/mol. The number of fused-ring (bicyclic) bond motifs is 2. The molecule has 1 heterocycles. The number of carbonyl (C=O) groups is 2. The molecular formula is C23H15NO6. The van der Waals surface area contributed by atoms with Crippen LogP contribution >= 0.6 is 0 Å². The van der Waals surface area contributed by atoms with Gasteiger partial charge in [0.25, 0.3) is 0 Å². The van der Waals surface area contributed by atoms with E-state index in [1.54, 1.807) is 24.3 Å². The van der Waals surface area contributed by atoms with E-state index in [2.05, 4.69) is 11.9 Å². The largest absolute Gasteiger partial charge is 0.508 e. The summed E-state index contributed by atoms with van der Waals surface area (Å²) in [6, 6.07) is 13.2. The first-order chi connectivity index (χ1) is 14.4. The molecule has 0 atom stereocenters. The lowest BCUT2D eigenvalue weighted by molar-refractivity contribution is -0.111. The van der Waals surface area contributed by atoms with E-state index in [0.29, 0.717) is 33.3 Å². The smallest absolute Gasteiger partial charge is 0.336 e. The monoisotopic (exact) mass is 401 g/mol. The third kappa shape index (κ3) is 3.29. The van der Waals surface area contributed by atoms with Crippen LogP contribution in [0.2, 0.25) is 0 Å². The second-order valence-electron chi connectivity index (χ2n) is 6.57. The fourth-order valence-corrected chi connectivity index (χ4v) is 3.36. The molecule has 0 saturated heterocycles. The molecule has 1 aliphatic heterocycles. The lowest BCUT2D eigenvalue weighted by atomic mass is 9.90. The maximum Gasteiger partial charge on any atom is 0.336 e. The summed E-state index contributed by atoms with van der Waals surface area (Å²) in [5, 5.41) is 22.8. The number of phenols is 1. The Morgan fingerprint density at radius 3 is 2.50 bits per heavy atom. The summed E-state index contributed by atoms with van der Waals surface area (Å²) in [5.74, 6) is -1.43. The molecule has 0 spiro atoms. The van der Waals surface area contributed by atoms with Crippen LogP contribution in [0.25, 0.3) is 33.4 Å². The molecule has 4 rings (SSSR count). The molecule has 1 amide bonds. The zero-order chi connectivity index (χ0) is 21.4. The van der Waals surface area contributed by atoms with Crippen LogP contribution in [0, 0.1) is 0 Å². The van der Waals surface area contributed by atoms with Crippen molar-refractivity contribution in [2.24, 2.45) is 0 Å². The van der Waals surface area contributed by atoms with Crippen molar-refractivity contribution in [3.8, 4) is 28.2 Å². The molecule has 148 valence electrons. The van der Waals surface area contributed by atoms with Gasteiger partial charge in [-0.2, -0.15) is 0 Å². The van der Waals surface area contributed by atoms with Crippen molar-refractivity contribution in [1.29, 1.82) is 0 Å². The number of aromatic carboxylic acids is 1. The molecule has 0 radical (unpaired) electrons. The average Bonchev–Trinajstić information content (AvgIpc) is 2.71. The molecule has 7 nitrogen and oxygen atoms in total. The SMILES string of the molecule is C=CC(=O)Nc1ccc(-c2c3ccc(=O)cc-3oc3cc(O)ccc23)c(C(=O)O)c1. The highest BCUT2D eigenvalue weighted by molar-refractivity contribution is 6.08. The summed E-state index contributed by atoms with van der Waals surface area (Å²) in [4.78, 5) is 35.5. The Morgan fingerprint density at radius 1 is 1.00 bits per heavy atom. The first-order valence-electron chi connectivity index (χ1n) is 8.88. The molecule has 7 heteroatoms. The van der Waals surface area contributed by atoms with Gasteiger partial charge in [0, 0.05) is 34.3 Å². The summed E-state index contributed by atoms with van der Waals surface area (Å²) >= 11 is 0. The molecule has 30 heavy (non-hydrogen) atoms. The molecule has 0 fully saturated rings. The minimum atomic E-state index is -1.19. The van der Waals surface area contributed by atoms with Crippen molar-refractivity contribution in [2.75, 3.05) is 5.32 Å². The van der Waals surface area contributed by atoms with Gasteiger partial charge in [-0.3, -0.25) is 9.59 Å². The van der Waals surface area contributed by atoms with Crippen molar-refractivity contribution < 1.29 is 24.2 Å². The van der Waals surface area contributed by atoms with Crippen molar-refractivity contribution in [3.63, 3.8) is 0 Å². The highest BCUT2D eigenvalue weighted by Crippen LogP contribution is 2.42. The Labute approximate surface area is 169 Å². The van der Waals surface area contributed by atoms with Crippen molar-refractivity contribution in [1.82, 2.24) is 0 Å². The number of benzene rings is 3. The molecule has 2 aromatic carbocycles. The normalized spacial score (nSPS) is 10.8. The molecule has 0 aromatic heterocycles. The van der Waals surface area contributed by atoms with E-state index in [1.807, 2.05) is 0 Å². The van der Waals surface area contributed by atoms with Gasteiger partial charge in [0.2, 0.25) is 5.91 Å². The van der Waals surface area contributed by atoms with Crippen molar-refractivity contribution in [3.05, 3.63) is 83.0 Å². The predicted molar refractivity (Wildman–Crippen MR) is 112 cm³/mol. The Bertz CT molecular complexity index is 1370. The van der Waals surface area contributed by atoms with Gasteiger partial charge in [-0.05, 0) is 48.0 Å². The molecule has 2 aromatic rings. The van der Waals surface area contributed by atoms with Crippen LogP contribution in [0.15, 0.2) is 76.5 Å². The van der Waals surface area contributed by atoms with Crippen LogP contribution in [0.4, 0.5) is 5.69 Å². The number of carbonyl (C=O) groups excluding carboxylic acids is 1. The maximum absolute atomic E-state index is 12.0. The molecule has 2 aliphatic rings. The van der Waals surface area contributed by atoms with E-state index in [-0.39, 0.29) is 22.5 Å².